The minimum absolute atomic E-state index is 0.0101. The predicted octanol–water partition coefficient (Wildman–Crippen LogP) is 3.53. The van der Waals surface area contributed by atoms with Gasteiger partial charge in [-0.15, -0.1) is 11.3 Å². The van der Waals surface area contributed by atoms with E-state index in [0.29, 0.717) is 11.1 Å². The van der Waals surface area contributed by atoms with E-state index in [4.69, 9.17) is 0 Å². The van der Waals surface area contributed by atoms with Crippen LogP contribution in [-0.2, 0) is 0 Å². The summed E-state index contributed by atoms with van der Waals surface area (Å²) in [5.74, 6) is -0.0260. The van der Waals surface area contributed by atoms with Gasteiger partial charge in [-0.05, 0) is 57.0 Å². The molecule has 0 radical (unpaired) electrons. The lowest BCUT2D eigenvalue weighted by Crippen LogP contribution is -2.44. The zero-order chi connectivity index (χ0) is 18.7. The first-order valence-electron chi connectivity index (χ1n) is 8.65. The van der Waals surface area contributed by atoms with E-state index in [2.05, 4.69) is 16.3 Å². The lowest BCUT2D eigenvalue weighted by atomic mass is 10.0. The van der Waals surface area contributed by atoms with Gasteiger partial charge >= 0.3 is 0 Å². The molecule has 26 heavy (non-hydrogen) atoms. The summed E-state index contributed by atoms with van der Waals surface area (Å²) >= 11 is 1.50. The van der Waals surface area contributed by atoms with Crippen molar-refractivity contribution in [2.75, 3.05) is 18.0 Å². The van der Waals surface area contributed by atoms with Gasteiger partial charge in [0, 0.05) is 29.6 Å². The Morgan fingerprint density at radius 1 is 1.23 bits per heavy atom. The normalized spacial score (nSPS) is 14.7. The van der Waals surface area contributed by atoms with E-state index in [1.54, 1.807) is 18.2 Å². The molecule has 6 heteroatoms. The first kappa shape index (κ1) is 18.2. The molecule has 0 saturated carbocycles. The Labute approximate surface area is 157 Å². The van der Waals surface area contributed by atoms with Gasteiger partial charge in [0.15, 0.2) is 5.78 Å². The van der Waals surface area contributed by atoms with Gasteiger partial charge in [-0.25, -0.2) is 0 Å². The average molecular weight is 367 g/mol. The first-order chi connectivity index (χ1) is 12.5. The molecule has 0 unspecified atom stereocenters. The fraction of sp³-hybridized carbons (Fsp3) is 0.350. The van der Waals surface area contributed by atoms with Crippen molar-refractivity contribution in [1.82, 2.24) is 5.32 Å². The number of nitrogens with one attached hydrogen (secondary N) is 1. The second-order valence-electron chi connectivity index (χ2n) is 6.54. The van der Waals surface area contributed by atoms with Crippen LogP contribution in [0.4, 0.5) is 5.69 Å². The lowest BCUT2D eigenvalue weighted by Gasteiger charge is -2.34. The number of nitriles is 1. The van der Waals surface area contributed by atoms with Gasteiger partial charge in [-0.1, -0.05) is 0 Å². The Bertz CT molecular complexity index is 873. The van der Waals surface area contributed by atoms with Gasteiger partial charge in [0.05, 0.1) is 16.1 Å². The van der Waals surface area contributed by atoms with Crippen molar-refractivity contribution in [1.29, 1.82) is 5.26 Å². The summed E-state index contributed by atoms with van der Waals surface area (Å²) in [5.41, 5.74) is 1.99. The van der Waals surface area contributed by atoms with E-state index < -0.39 is 0 Å². The molecule has 0 aliphatic carbocycles. The fourth-order valence-corrected chi connectivity index (χ4v) is 3.96. The molecule has 2 aromatic rings. The Hall–Kier alpha value is -2.65. The van der Waals surface area contributed by atoms with E-state index in [1.807, 2.05) is 19.1 Å². The molecule has 0 bridgehead atoms. The highest BCUT2D eigenvalue weighted by Crippen LogP contribution is 2.26. The minimum atomic E-state index is -0.0159. The van der Waals surface area contributed by atoms with Crippen molar-refractivity contribution in [3.05, 3.63) is 51.2 Å². The van der Waals surface area contributed by atoms with Crippen LogP contribution in [0.3, 0.4) is 0 Å². The highest BCUT2D eigenvalue weighted by atomic mass is 32.1. The second kappa shape index (κ2) is 7.71. The monoisotopic (exact) mass is 367 g/mol. The van der Waals surface area contributed by atoms with Crippen molar-refractivity contribution in [2.45, 2.75) is 32.7 Å². The van der Waals surface area contributed by atoms with Gasteiger partial charge < -0.3 is 10.2 Å². The number of aryl methyl sites for hydroxylation is 1. The number of carbonyl (C=O) groups excluding carboxylic acids is 2. The third-order valence-electron chi connectivity index (χ3n) is 4.66. The van der Waals surface area contributed by atoms with Crippen LogP contribution in [0.2, 0.25) is 0 Å². The van der Waals surface area contributed by atoms with Crippen molar-refractivity contribution < 1.29 is 9.59 Å². The van der Waals surface area contributed by atoms with Crippen LogP contribution < -0.4 is 10.2 Å². The summed E-state index contributed by atoms with van der Waals surface area (Å²) < 4.78 is 0. The van der Waals surface area contributed by atoms with Crippen LogP contribution in [0.5, 0.6) is 0 Å². The predicted molar refractivity (Wildman–Crippen MR) is 103 cm³/mol. The Morgan fingerprint density at radius 2 is 1.96 bits per heavy atom. The van der Waals surface area contributed by atoms with Crippen LogP contribution in [0, 0.1) is 18.3 Å². The number of anilines is 1. The van der Waals surface area contributed by atoms with E-state index in [0.717, 1.165) is 41.4 Å². The molecule has 2 heterocycles. The van der Waals surface area contributed by atoms with E-state index in [-0.39, 0.29) is 17.7 Å². The van der Waals surface area contributed by atoms with E-state index in [1.165, 1.54) is 18.3 Å². The van der Waals surface area contributed by atoms with Crippen LogP contribution >= 0.6 is 11.3 Å². The maximum atomic E-state index is 12.3. The summed E-state index contributed by atoms with van der Waals surface area (Å²) in [4.78, 5) is 27.9. The molecule has 0 spiro atoms. The summed E-state index contributed by atoms with van der Waals surface area (Å²) in [6.45, 7) is 5.00. The quantitative estimate of drug-likeness (QED) is 0.839. The van der Waals surface area contributed by atoms with Gasteiger partial charge in [0.2, 0.25) is 0 Å². The van der Waals surface area contributed by atoms with Gasteiger partial charge in [0.25, 0.3) is 5.91 Å². The molecule has 1 aliphatic heterocycles. The summed E-state index contributed by atoms with van der Waals surface area (Å²) in [6, 6.07) is 11.3. The molecule has 1 aromatic carbocycles. The number of piperidine rings is 1. The van der Waals surface area contributed by atoms with Gasteiger partial charge in [0.1, 0.15) is 6.07 Å². The number of Topliss-reactive ketones (excluding diaryl/α,β-unsaturated/α-hetero) is 1. The SMILES string of the molecule is CC(=O)c1ccc(C#N)c(N2CCC(NC(=O)c3ccc(C)s3)CC2)c1. The number of hydrogen-bond acceptors (Lipinski definition) is 5. The Balaban J connectivity index is 1.65. The Kier molecular flexibility index (Phi) is 5.38. The van der Waals surface area contributed by atoms with Gasteiger partial charge in [-0.3, -0.25) is 9.59 Å². The van der Waals surface area contributed by atoms with Crippen molar-refractivity contribution in [3.63, 3.8) is 0 Å². The van der Waals surface area contributed by atoms with E-state index >= 15 is 0 Å². The van der Waals surface area contributed by atoms with Gasteiger partial charge in [-0.2, -0.15) is 5.26 Å². The summed E-state index contributed by atoms with van der Waals surface area (Å²) in [6.07, 6.45) is 1.62. The average Bonchev–Trinajstić information content (AvgIpc) is 3.08. The molecule has 0 atom stereocenters. The second-order valence-corrected chi connectivity index (χ2v) is 7.83. The third kappa shape index (κ3) is 3.94. The number of ketones is 1. The van der Waals surface area contributed by atoms with Crippen LogP contribution in [0.1, 0.15) is 50.2 Å². The highest BCUT2D eigenvalue weighted by molar-refractivity contribution is 7.13. The lowest BCUT2D eigenvalue weighted by molar-refractivity contribution is 0.0934. The maximum absolute atomic E-state index is 12.3. The molecule has 1 N–H and O–H groups in total. The standard InChI is InChI=1S/C20H21N3O2S/c1-13-3-6-19(26-13)20(25)22-17-7-9-23(10-8-17)18-11-15(14(2)24)4-5-16(18)12-21/h3-6,11,17H,7-10H2,1-2H3,(H,22,25). The molecular formula is C20H21N3O2S. The molecule has 1 aromatic heterocycles. The summed E-state index contributed by atoms with van der Waals surface area (Å²) in [7, 11) is 0. The molecule has 1 amide bonds. The molecular weight excluding hydrogens is 346 g/mol. The minimum Gasteiger partial charge on any atom is -0.370 e. The largest absolute Gasteiger partial charge is 0.370 e. The van der Waals surface area contributed by atoms with Crippen LogP contribution in [0.25, 0.3) is 0 Å². The van der Waals surface area contributed by atoms with Crippen molar-refractivity contribution in [2.24, 2.45) is 0 Å². The molecule has 3 rings (SSSR count). The number of amides is 1. The molecule has 1 fully saturated rings. The fourth-order valence-electron chi connectivity index (χ4n) is 3.18. The number of hydrogen-bond donors (Lipinski definition) is 1. The van der Waals surface area contributed by atoms with Crippen molar-refractivity contribution >= 4 is 28.7 Å². The van der Waals surface area contributed by atoms with Crippen LogP contribution in [0.15, 0.2) is 30.3 Å². The smallest absolute Gasteiger partial charge is 0.261 e. The zero-order valence-electron chi connectivity index (χ0n) is 14.9. The molecule has 5 nitrogen and oxygen atoms in total. The third-order valence-corrected chi connectivity index (χ3v) is 5.66. The topological polar surface area (TPSA) is 73.2 Å². The number of benzene rings is 1. The first-order valence-corrected chi connectivity index (χ1v) is 9.47. The van der Waals surface area contributed by atoms with E-state index in [9.17, 15) is 14.9 Å². The molecule has 1 aliphatic rings. The highest BCUT2D eigenvalue weighted by Gasteiger charge is 2.23. The zero-order valence-corrected chi connectivity index (χ0v) is 15.7. The van der Waals surface area contributed by atoms with Crippen molar-refractivity contribution in [3.8, 4) is 6.07 Å². The Morgan fingerprint density at radius 3 is 2.54 bits per heavy atom. The number of nitrogens with zero attached hydrogens (tertiary/aromatic N) is 2. The number of carbonyl (C=O) groups is 2. The molecule has 134 valence electrons. The maximum Gasteiger partial charge on any atom is 0.261 e. The van der Waals surface area contributed by atoms with Crippen LogP contribution in [-0.4, -0.2) is 30.8 Å². The molecule has 1 saturated heterocycles. The number of thiophene rings is 1. The number of rotatable bonds is 4. The summed E-state index contributed by atoms with van der Waals surface area (Å²) in [5, 5.41) is 12.5.